The first kappa shape index (κ1) is 10.4. The summed E-state index contributed by atoms with van der Waals surface area (Å²) in [5, 5.41) is 3.57. The molecule has 2 aliphatic rings. The molecule has 14 heavy (non-hydrogen) atoms. The normalized spacial score (nSPS) is 38.8. The summed E-state index contributed by atoms with van der Waals surface area (Å²) in [5.41, 5.74) is -0.0316. The molecule has 2 rings (SSSR count). The molecule has 1 saturated heterocycles. The Bertz CT molecular complexity index is 208. The highest BCUT2D eigenvalue weighted by molar-refractivity contribution is 4.94. The highest BCUT2D eigenvalue weighted by Gasteiger charge is 2.45. The lowest BCUT2D eigenvalue weighted by molar-refractivity contribution is -0.119. The van der Waals surface area contributed by atoms with Crippen LogP contribution in [0.4, 0.5) is 0 Å². The molecule has 2 fully saturated rings. The second-order valence-electron chi connectivity index (χ2n) is 5.66. The summed E-state index contributed by atoms with van der Waals surface area (Å²) in [6.07, 6.45) is 6.84. The van der Waals surface area contributed by atoms with Crippen LogP contribution in [0.2, 0.25) is 0 Å². The Morgan fingerprint density at radius 2 is 1.71 bits per heavy atom. The van der Waals surface area contributed by atoms with Crippen molar-refractivity contribution in [2.45, 2.75) is 64.2 Å². The fraction of sp³-hybridized carbons (Fsp3) is 1.00. The Morgan fingerprint density at radius 1 is 1.07 bits per heavy atom. The van der Waals surface area contributed by atoms with E-state index in [2.05, 4.69) is 26.1 Å². The summed E-state index contributed by atoms with van der Waals surface area (Å²) in [7, 11) is 0. The summed E-state index contributed by atoms with van der Waals surface area (Å²) in [6, 6.07) is 0. The molecule has 1 N–H and O–H groups in total. The molecule has 82 valence electrons. The first-order valence-electron chi connectivity index (χ1n) is 5.97. The van der Waals surface area contributed by atoms with E-state index < -0.39 is 0 Å². The maximum atomic E-state index is 6.16. The minimum Gasteiger partial charge on any atom is -0.353 e. The molecule has 1 heterocycles. The molecule has 0 aromatic rings. The van der Waals surface area contributed by atoms with E-state index in [1.807, 2.05) is 0 Å². The van der Waals surface area contributed by atoms with Gasteiger partial charge in [-0.2, -0.15) is 0 Å². The third kappa shape index (κ3) is 1.96. The van der Waals surface area contributed by atoms with Crippen molar-refractivity contribution in [3.05, 3.63) is 0 Å². The third-order valence-electron chi connectivity index (χ3n) is 3.74. The topological polar surface area (TPSA) is 21.3 Å². The maximum absolute atomic E-state index is 6.16. The Hall–Kier alpha value is -0.0800. The minimum atomic E-state index is -0.0517. The summed E-state index contributed by atoms with van der Waals surface area (Å²) in [5.74, 6) is 0.720. The molecule has 1 aliphatic carbocycles. The molecular formula is C12H23NO. The van der Waals surface area contributed by atoms with Gasteiger partial charge in [-0.15, -0.1) is 0 Å². The summed E-state index contributed by atoms with van der Waals surface area (Å²) in [6.45, 7) is 7.57. The van der Waals surface area contributed by atoms with E-state index in [0.29, 0.717) is 0 Å². The van der Waals surface area contributed by atoms with Crippen molar-refractivity contribution in [1.82, 2.24) is 5.32 Å². The molecule has 1 aliphatic heterocycles. The van der Waals surface area contributed by atoms with E-state index in [4.69, 9.17) is 4.74 Å². The van der Waals surface area contributed by atoms with Gasteiger partial charge in [0, 0.05) is 12.5 Å². The second-order valence-corrected chi connectivity index (χ2v) is 5.66. The molecule has 2 nitrogen and oxygen atoms in total. The smallest absolute Gasteiger partial charge is 0.120 e. The Kier molecular flexibility index (Phi) is 2.61. The highest BCUT2D eigenvalue weighted by atomic mass is 16.5. The predicted octanol–water partition coefficient (Wildman–Crippen LogP) is 2.68. The van der Waals surface area contributed by atoms with E-state index >= 15 is 0 Å². The molecule has 2 heteroatoms. The first-order valence-corrected chi connectivity index (χ1v) is 5.97. The van der Waals surface area contributed by atoms with Gasteiger partial charge in [-0.25, -0.2) is 0 Å². The van der Waals surface area contributed by atoms with Crippen molar-refractivity contribution in [3.63, 3.8) is 0 Å². The van der Waals surface area contributed by atoms with Crippen LogP contribution in [0.5, 0.6) is 0 Å². The van der Waals surface area contributed by atoms with Gasteiger partial charge in [0.1, 0.15) is 5.72 Å². The lowest BCUT2D eigenvalue weighted by Crippen LogP contribution is -2.46. The van der Waals surface area contributed by atoms with Crippen LogP contribution in [0.1, 0.15) is 52.9 Å². The van der Waals surface area contributed by atoms with E-state index in [1.165, 1.54) is 32.1 Å². The SMILES string of the molecule is CC1(C)CNC(C)(C2CCCCC2)O1. The van der Waals surface area contributed by atoms with E-state index in [9.17, 15) is 0 Å². The maximum Gasteiger partial charge on any atom is 0.120 e. The van der Waals surface area contributed by atoms with Gasteiger partial charge in [0.25, 0.3) is 0 Å². The van der Waals surface area contributed by atoms with Crippen molar-refractivity contribution in [2.24, 2.45) is 5.92 Å². The van der Waals surface area contributed by atoms with Crippen LogP contribution < -0.4 is 5.32 Å². The fourth-order valence-corrected chi connectivity index (χ4v) is 2.92. The van der Waals surface area contributed by atoms with Crippen LogP contribution in [-0.4, -0.2) is 17.9 Å². The van der Waals surface area contributed by atoms with E-state index in [0.717, 1.165) is 12.5 Å². The van der Waals surface area contributed by atoms with Crippen LogP contribution in [0.25, 0.3) is 0 Å². The van der Waals surface area contributed by atoms with Crippen LogP contribution in [0, 0.1) is 5.92 Å². The van der Waals surface area contributed by atoms with Crippen molar-refractivity contribution in [3.8, 4) is 0 Å². The van der Waals surface area contributed by atoms with E-state index in [1.54, 1.807) is 0 Å². The molecule has 1 unspecified atom stereocenters. The minimum absolute atomic E-state index is 0.0200. The fourth-order valence-electron chi connectivity index (χ4n) is 2.92. The summed E-state index contributed by atoms with van der Waals surface area (Å²) in [4.78, 5) is 0. The second kappa shape index (κ2) is 3.49. The summed E-state index contributed by atoms with van der Waals surface area (Å²) < 4.78 is 6.16. The summed E-state index contributed by atoms with van der Waals surface area (Å²) >= 11 is 0. The molecule has 1 saturated carbocycles. The Morgan fingerprint density at radius 3 is 2.21 bits per heavy atom. The number of ether oxygens (including phenoxy) is 1. The monoisotopic (exact) mass is 197 g/mol. The zero-order valence-corrected chi connectivity index (χ0v) is 9.73. The van der Waals surface area contributed by atoms with Crippen molar-refractivity contribution in [1.29, 1.82) is 0 Å². The lowest BCUT2D eigenvalue weighted by Gasteiger charge is -2.37. The van der Waals surface area contributed by atoms with Gasteiger partial charge < -0.3 is 4.74 Å². The van der Waals surface area contributed by atoms with Crippen LogP contribution in [0.15, 0.2) is 0 Å². The standard InChI is InChI=1S/C12H23NO/c1-11(2)9-13-12(3,14-11)10-7-5-4-6-8-10/h10,13H,4-9H2,1-3H3. The van der Waals surface area contributed by atoms with Crippen molar-refractivity contribution in [2.75, 3.05) is 6.54 Å². The quantitative estimate of drug-likeness (QED) is 0.698. The lowest BCUT2D eigenvalue weighted by atomic mass is 9.82. The number of rotatable bonds is 1. The molecule has 0 aromatic heterocycles. The molecule has 0 amide bonds. The molecular weight excluding hydrogens is 174 g/mol. The predicted molar refractivity (Wildman–Crippen MR) is 58.1 cm³/mol. The number of nitrogens with one attached hydrogen (secondary N) is 1. The van der Waals surface area contributed by atoms with Gasteiger partial charge in [-0.1, -0.05) is 19.3 Å². The van der Waals surface area contributed by atoms with Gasteiger partial charge >= 0.3 is 0 Å². The largest absolute Gasteiger partial charge is 0.353 e. The number of hydrogen-bond acceptors (Lipinski definition) is 2. The van der Waals surface area contributed by atoms with Gasteiger partial charge in [-0.05, 0) is 33.6 Å². The number of hydrogen-bond donors (Lipinski definition) is 1. The van der Waals surface area contributed by atoms with Gasteiger partial charge in [-0.3, -0.25) is 5.32 Å². The van der Waals surface area contributed by atoms with E-state index in [-0.39, 0.29) is 11.3 Å². The average Bonchev–Trinajstić information content (AvgIpc) is 2.44. The average molecular weight is 197 g/mol. The first-order chi connectivity index (χ1) is 6.52. The van der Waals surface area contributed by atoms with Crippen LogP contribution in [0.3, 0.4) is 0 Å². The zero-order valence-electron chi connectivity index (χ0n) is 9.73. The van der Waals surface area contributed by atoms with Crippen molar-refractivity contribution >= 4 is 0 Å². The van der Waals surface area contributed by atoms with Crippen LogP contribution >= 0.6 is 0 Å². The molecule has 0 bridgehead atoms. The molecule has 0 spiro atoms. The Balaban J connectivity index is 2.01. The highest BCUT2D eigenvalue weighted by Crippen LogP contribution is 2.38. The Labute approximate surface area is 87.4 Å². The molecule has 1 atom stereocenters. The molecule has 0 aromatic carbocycles. The van der Waals surface area contributed by atoms with Gasteiger partial charge in [0.2, 0.25) is 0 Å². The zero-order chi connectivity index (χ0) is 10.2. The van der Waals surface area contributed by atoms with Gasteiger partial charge in [0.15, 0.2) is 0 Å². The van der Waals surface area contributed by atoms with Gasteiger partial charge in [0.05, 0.1) is 5.60 Å². The molecule has 0 radical (unpaired) electrons. The van der Waals surface area contributed by atoms with Crippen molar-refractivity contribution < 1.29 is 4.74 Å². The third-order valence-corrected chi connectivity index (χ3v) is 3.74. The van der Waals surface area contributed by atoms with Crippen LogP contribution in [-0.2, 0) is 4.74 Å².